The molecule has 0 radical (unpaired) electrons. The second kappa shape index (κ2) is 12.1. The molecule has 6 heteroatoms. The summed E-state index contributed by atoms with van der Waals surface area (Å²) < 4.78 is 16.4. The van der Waals surface area contributed by atoms with Crippen molar-refractivity contribution in [2.24, 2.45) is 5.92 Å². The molecule has 0 fully saturated rings. The van der Waals surface area contributed by atoms with Gasteiger partial charge in [-0.2, -0.15) is 0 Å². The molecule has 0 aliphatic rings. The Bertz CT molecular complexity index is 690. The number of amides is 1. The van der Waals surface area contributed by atoms with Crippen LogP contribution in [0.4, 0.5) is 0 Å². The predicted molar refractivity (Wildman–Crippen MR) is 108 cm³/mol. The summed E-state index contributed by atoms with van der Waals surface area (Å²) in [5.41, 5.74) is 0.534. The Balaban J connectivity index is 1.93. The van der Waals surface area contributed by atoms with E-state index >= 15 is 0 Å². The minimum atomic E-state index is -0.213. The summed E-state index contributed by atoms with van der Waals surface area (Å²) in [5.74, 6) is 1.27. The fourth-order valence-electron chi connectivity index (χ4n) is 2.63. The summed E-state index contributed by atoms with van der Waals surface area (Å²) in [6.45, 7) is 4.96. The van der Waals surface area contributed by atoms with E-state index in [9.17, 15) is 9.90 Å². The van der Waals surface area contributed by atoms with Crippen molar-refractivity contribution in [3.8, 4) is 11.5 Å². The summed E-state index contributed by atoms with van der Waals surface area (Å²) in [7, 11) is 0. The summed E-state index contributed by atoms with van der Waals surface area (Å²) in [4.78, 5) is 12.6. The van der Waals surface area contributed by atoms with Crippen molar-refractivity contribution in [2.75, 3.05) is 26.6 Å². The molecule has 2 aromatic rings. The molecule has 0 spiro atoms. The third-order valence-corrected chi connectivity index (χ3v) is 4.12. The number of rotatable bonds is 12. The van der Waals surface area contributed by atoms with Crippen LogP contribution in [-0.2, 0) is 9.47 Å². The molecule has 0 saturated carbocycles. The van der Waals surface area contributed by atoms with Crippen molar-refractivity contribution in [1.82, 2.24) is 5.32 Å². The third kappa shape index (κ3) is 7.68. The van der Waals surface area contributed by atoms with Crippen LogP contribution in [0, 0.1) is 5.92 Å². The Morgan fingerprint density at radius 3 is 2.36 bits per heavy atom. The van der Waals surface area contributed by atoms with Gasteiger partial charge in [0.2, 0.25) is 0 Å². The van der Waals surface area contributed by atoms with E-state index < -0.39 is 0 Å². The van der Waals surface area contributed by atoms with Crippen LogP contribution < -0.4 is 10.1 Å². The van der Waals surface area contributed by atoms with Crippen molar-refractivity contribution in [1.29, 1.82) is 0 Å². The highest BCUT2D eigenvalue weighted by molar-refractivity contribution is 5.94. The van der Waals surface area contributed by atoms with Crippen LogP contribution in [0.5, 0.6) is 11.5 Å². The molecule has 0 aliphatic carbocycles. The Labute approximate surface area is 166 Å². The molecule has 0 bridgehead atoms. The molecule has 2 rings (SSSR count). The van der Waals surface area contributed by atoms with Gasteiger partial charge in [-0.3, -0.25) is 4.79 Å². The maximum Gasteiger partial charge on any atom is 0.251 e. The minimum absolute atomic E-state index is 0.0580. The van der Waals surface area contributed by atoms with E-state index in [1.165, 1.54) is 0 Å². The highest BCUT2D eigenvalue weighted by atomic mass is 16.7. The Hall–Kier alpha value is -2.41. The minimum Gasteiger partial charge on any atom is -0.457 e. The molecule has 28 heavy (non-hydrogen) atoms. The fourth-order valence-corrected chi connectivity index (χ4v) is 2.63. The van der Waals surface area contributed by atoms with Crippen LogP contribution in [0.2, 0.25) is 0 Å². The fraction of sp³-hybridized carbons (Fsp3) is 0.409. The third-order valence-electron chi connectivity index (χ3n) is 4.12. The number of ether oxygens (including phenoxy) is 3. The molecule has 0 unspecified atom stereocenters. The van der Waals surface area contributed by atoms with Crippen molar-refractivity contribution in [3.63, 3.8) is 0 Å². The van der Waals surface area contributed by atoms with Crippen molar-refractivity contribution < 1.29 is 24.1 Å². The molecule has 2 aromatic carbocycles. The van der Waals surface area contributed by atoms with Gasteiger partial charge in [-0.05, 0) is 55.7 Å². The SMILES string of the molecule is CCOCOC[C@H](C[C@H](C)CO)NC(=O)c1ccc(Oc2ccccc2)cc1. The lowest BCUT2D eigenvalue weighted by Gasteiger charge is -2.21. The number of para-hydroxylation sites is 1. The molecule has 0 heterocycles. The van der Waals surface area contributed by atoms with Gasteiger partial charge in [0.15, 0.2) is 0 Å². The molecule has 0 aliphatic heterocycles. The number of aliphatic hydroxyl groups excluding tert-OH is 1. The largest absolute Gasteiger partial charge is 0.457 e. The molecule has 152 valence electrons. The summed E-state index contributed by atoms with van der Waals surface area (Å²) in [6.07, 6.45) is 0.615. The quantitative estimate of drug-likeness (QED) is 0.430. The number of carbonyl (C=O) groups excluding carboxylic acids is 1. The highest BCUT2D eigenvalue weighted by Crippen LogP contribution is 2.21. The zero-order valence-corrected chi connectivity index (χ0v) is 16.5. The molecule has 2 N–H and O–H groups in total. The zero-order valence-electron chi connectivity index (χ0n) is 16.5. The average molecular weight is 387 g/mol. The van der Waals surface area contributed by atoms with Gasteiger partial charge in [0, 0.05) is 18.8 Å². The van der Waals surface area contributed by atoms with Crippen LogP contribution >= 0.6 is 0 Å². The molecule has 1 amide bonds. The summed E-state index contributed by atoms with van der Waals surface area (Å²) in [5, 5.41) is 12.3. The Morgan fingerprint density at radius 2 is 1.71 bits per heavy atom. The monoisotopic (exact) mass is 387 g/mol. The summed E-state index contributed by atoms with van der Waals surface area (Å²) in [6, 6.07) is 16.2. The summed E-state index contributed by atoms with van der Waals surface area (Å²) >= 11 is 0. The van der Waals surface area contributed by atoms with Gasteiger partial charge >= 0.3 is 0 Å². The number of aliphatic hydroxyl groups is 1. The van der Waals surface area contributed by atoms with Crippen molar-refractivity contribution in [2.45, 2.75) is 26.3 Å². The van der Waals surface area contributed by atoms with E-state index in [2.05, 4.69) is 5.32 Å². The standard InChI is InChI=1S/C22H29NO5/c1-3-26-16-27-15-19(13-17(2)14-24)23-22(25)18-9-11-21(12-10-18)28-20-7-5-4-6-8-20/h4-12,17,19,24H,3,13-16H2,1-2H3,(H,23,25)/t17-,19-/m0/s1. The zero-order chi connectivity index (χ0) is 20.2. The van der Waals surface area contributed by atoms with Crippen LogP contribution in [0.15, 0.2) is 54.6 Å². The first-order chi connectivity index (χ1) is 13.6. The van der Waals surface area contributed by atoms with Gasteiger partial charge in [-0.15, -0.1) is 0 Å². The van der Waals surface area contributed by atoms with Gasteiger partial charge in [0.05, 0.1) is 12.6 Å². The highest BCUT2D eigenvalue weighted by Gasteiger charge is 2.17. The lowest BCUT2D eigenvalue weighted by atomic mass is 10.0. The lowest BCUT2D eigenvalue weighted by Crippen LogP contribution is -2.40. The van der Waals surface area contributed by atoms with Crippen LogP contribution in [0.1, 0.15) is 30.6 Å². The molecule has 6 nitrogen and oxygen atoms in total. The normalized spacial score (nSPS) is 13.0. The van der Waals surface area contributed by atoms with Crippen LogP contribution in [0.3, 0.4) is 0 Å². The Kier molecular flexibility index (Phi) is 9.48. The number of hydrogen-bond donors (Lipinski definition) is 2. The van der Waals surface area contributed by atoms with E-state index in [4.69, 9.17) is 14.2 Å². The van der Waals surface area contributed by atoms with Gasteiger partial charge in [-0.25, -0.2) is 0 Å². The molecule has 0 aromatic heterocycles. The Morgan fingerprint density at radius 1 is 1.04 bits per heavy atom. The number of carbonyl (C=O) groups is 1. The predicted octanol–water partition coefficient (Wildman–Crippen LogP) is 3.61. The maximum absolute atomic E-state index is 12.6. The van der Waals surface area contributed by atoms with Crippen molar-refractivity contribution in [3.05, 3.63) is 60.2 Å². The first-order valence-corrected chi connectivity index (χ1v) is 9.52. The van der Waals surface area contributed by atoms with Gasteiger partial charge in [0.25, 0.3) is 5.91 Å². The van der Waals surface area contributed by atoms with Crippen molar-refractivity contribution >= 4 is 5.91 Å². The van der Waals surface area contributed by atoms with E-state index in [0.717, 1.165) is 5.75 Å². The van der Waals surface area contributed by atoms with E-state index in [1.807, 2.05) is 44.2 Å². The first-order valence-electron chi connectivity index (χ1n) is 9.52. The molecule has 2 atom stereocenters. The maximum atomic E-state index is 12.6. The number of nitrogens with one attached hydrogen (secondary N) is 1. The second-order valence-corrected chi connectivity index (χ2v) is 6.61. The average Bonchev–Trinajstić information content (AvgIpc) is 2.72. The first kappa shape index (κ1) is 21.9. The van der Waals surface area contributed by atoms with Gasteiger partial charge in [-0.1, -0.05) is 25.1 Å². The van der Waals surface area contributed by atoms with Gasteiger partial charge in [0.1, 0.15) is 18.3 Å². The number of hydrogen-bond acceptors (Lipinski definition) is 5. The molecule has 0 saturated heterocycles. The van der Waals surface area contributed by atoms with E-state index in [1.54, 1.807) is 24.3 Å². The molecular weight excluding hydrogens is 358 g/mol. The number of benzene rings is 2. The lowest BCUT2D eigenvalue weighted by molar-refractivity contribution is -0.0567. The van der Waals surface area contributed by atoms with E-state index in [-0.39, 0.29) is 31.3 Å². The smallest absolute Gasteiger partial charge is 0.251 e. The van der Waals surface area contributed by atoms with Crippen LogP contribution in [-0.4, -0.2) is 43.7 Å². The van der Waals surface area contributed by atoms with E-state index in [0.29, 0.717) is 30.9 Å². The molecular formula is C22H29NO5. The second-order valence-electron chi connectivity index (χ2n) is 6.61. The van der Waals surface area contributed by atoms with Gasteiger partial charge < -0.3 is 24.6 Å². The topological polar surface area (TPSA) is 77.0 Å². The van der Waals surface area contributed by atoms with Crippen LogP contribution in [0.25, 0.3) is 0 Å².